The van der Waals surface area contributed by atoms with Gasteiger partial charge in [0.2, 0.25) is 0 Å². The highest BCUT2D eigenvalue weighted by Crippen LogP contribution is 2.49. The first-order chi connectivity index (χ1) is 11.7. The third-order valence-electron chi connectivity index (χ3n) is 4.52. The summed E-state index contributed by atoms with van der Waals surface area (Å²) in [5.74, 6) is 1.60. The van der Waals surface area contributed by atoms with E-state index in [-0.39, 0.29) is 29.4 Å². The van der Waals surface area contributed by atoms with Crippen LogP contribution in [0.5, 0.6) is 0 Å². The molecule has 0 unspecified atom stereocenters. The van der Waals surface area contributed by atoms with Crippen LogP contribution in [0.2, 0.25) is 0 Å². The Morgan fingerprint density at radius 3 is 2.68 bits per heavy atom. The second-order valence-corrected chi connectivity index (χ2v) is 7.03. The normalized spacial score (nSPS) is 15.4. The maximum absolute atomic E-state index is 5.29. The largest absolute Gasteiger partial charge is 0.359 e. The highest BCUT2D eigenvalue weighted by molar-refractivity contribution is 14.0. The molecule has 136 valence electrons. The quantitative estimate of drug-likeness (QED) is 0.344. The van der Waals surface area contributed by atoms with Crippen molar-refractivity contribution >= 4 is 45.9 Å². The van der Waals surface area contributed by atoms with Gasteiger partial charge in [0.05, 0.1) is 12.2 Å². The smallest absolute Gasteiger partial charge is 0.191 e. The molecule has 1 aromatic heterocycles. The molecular formula is C18H24BrIN4O. The average molecular weight is 519 g/mol. The second-order valence-electron chi connectivity index (χ2n) is 6.18. The van der Waals surface area contributed by atoms with Crippen LogP contribution in [-0.4, -0.2) is 24.7 Å². The number of halogens is 2. The van der Waals surface area contributed by atoms with Crippen LogP contribution in [-0.2, 0) is 18.4 Å². The van der Waals surface area contributed by atoms with Crippen molar-refractivity contribution in [3.8, 4) is 0 Å². The maximum Gasteiger partial charge on any atom is 0.191 e. The summed E-state index contributed by atoms with van der Waals surface area (Å²) in [5.41, 5.74) is 2.55. The fourth-order valence-electron chi connectivity index (χ4n) is 2.83. The number of hydrogen-bond donors (Lipinski definition) is 2. The van der Waals surface area contributed by atoms with Gasteiger partial charge in [0.25, 0.3) is 0 Å². The van der Waals surface area contributed by atoms with Crippen molar-refractivity contribution < 1.29 is 4.52 Å². The third kappa shape index (κ3) is 4.97. The Bertz CT molecular complexity index is 727. The number of aliphatic imine (C=N–C) groups is 1. The van der Waals surface area contributed by atoms with Crippen molar-refractivity contribution in [2.45, 2.75) is 38.1 Å². The van der Waals surface area contributed by atoms with Crippen LogP contribution >= 0.6 is 39.9 Å². The topological polar surface area (TPSA) is 62.5 Å². The molecule has 1 heterocycles. The van der Waals surface area contributed by atoms with Gasteiger partial charge in [0, 0.05) is 29.5 Å². The van der Waals surface area contributed by atoms with Crippen LogP contribution in [0.1, 0.15) is 36.8 Å². The number of rotatable bonds is 6. The zero-order valence-electron chi connectivity index (χ0n) is 14.5. The molecule has 1 aliphatic rings. The lowest BCUT2D eigenvalue weighted by Crippen LogP contribution is -2.40. The van der Waals surface area contributed by atoms with Crippen molar-refractivity contribution in [3.63, 3.8) is 0 Å². The van der Waals surface area contributed by atoms with E-state index < -0.39 is 0 Å². The van der Waals surface area contributed by atoms with Crippen molar-refractivity contribution in [1.29, 1.82) is 0 Å². The fraction of sp³-hybridized carbons (Fsp3) is 0.444. The Labute approximate surface area is 174 Å². The summed E-state index contributed by atoms with van der Waals surface area (Å²) in [7, 11) is 1.78. The molecule has 1 saturated carbocycles. The lowest BCUT2D eigenvalue weighted by atomic mass is 9.96. The number of nitrogens with zero attached hydrogens (tertiary/aromatic N) is 2. The van der Waals surface area contributed by atoms with Gasteiger partial charge in [-0.1, -0.05) is 46.2 Å². The number of hydrogen-bond acceptors (Lipinski definition) is 3. The van der Waals surface area contributed by atoms with E-state index in [1.807, 2.05) is 6.07 Å². The van der Waals surface area contributed by atoms with Gasteiger partial charge in [-0.25, -0.2) is 0 Å². The number of benzene rings is 1. The Kier molecular flexibility index (Phi) is 7.30. The summed E-state index contributed by atoms with van der Waals surface area (Å²) in [6.45, 7) is 3.51. The monoisotopic (exact) mass is 518 g/mol. The van der Waals surface area contributed by atoms with E-state index in [1.165, 1.54) is 22.9 Å². The lowest BCUT2D eigenvalue weighted by molar-refractivity contribution is 0.374. The standard InChI is InChI=1S/C18H23BrN4O.HI/c1-3-13-10-14(24-23-13)11-21-17(20-2)22-12-18(8-9-18)15-6-4-5-7-16(15)19;/h4-7,10H,3,8-9,11-12H2,1-2H3,(H2,20,21,22);1H. The zero-order valence-corrected chi connectivity index (χ0v) is 18.4. The summed E-state index contributed by atoms with van der Waals surface area (Å²) in [5, 5.41) is 10.7. The summed E-state index contributed by atoms with van der Waals surface area (Å²) < 4.78 is 6.47. The Hall–Kier alpha value is -1.09. The van der Waals surface area contributed by atoms with Crippen molar-refractivity contribution in [1.82, 2.24) is 15.8 Å². The molecule has 0 radical (unpaired) electrons. The zero-order chi connectivity index (χ0) is 17.0. The molecule has 0 aliphatic heterocycles. The van der Waals surface area contributed by atoms with E-state index in [1.54, 1.807) is 7.05 Å². The SMILES string of the molecule is CCc1cc(CNC(=NC)NCC2(c3ccccc3Br)CC2)on1.I. The van der Waals surface area contributed by atoms with Gasteiger partial charge in [-0.2, -0.15) is 0 Å². The Morgan fingerprint density at radius 1 is 1.32 bits per heavy atom. The number of aryl methyl sites for hydroxylation is 1. The van der Waals surface area contributed by atoms with Crippen LogP contribution in [0.15, 0.2) is 44.3 Å². The molecule has 5 nitrogen and oxygen atoms in total. The van der Waals surface area contributed by atoms with Gasteiger partial charge in [0.1, 0.15) is 0 Å². The molecule has 1 fully saturated rings. The van der Waals surface area contributed by atoms with Crippen LogP contribution in [0, 0.1) is 0 Å². The van der Waals surface area contributed by atoms with E-state index in [2.05, 4.69) is 67.9 Å². The van der Waals surface area contributed by atoms with Gasteiger partial charge in [0.15, 0.2) is 11.7 Å². The molecular weight excluding hydrogens is 495 g/mol. The number of aromatic nitrogens is 1. The van der Waals surface area contributed by atoms with E-state index in [4.69, 9.17) is 4.52 Å². The van der Waals surface area contributed by atoms with Crippen LogP contribution in [0.25, 0.3) is 0 Å². The minimum absolute atomic E-state index is 0. The van der Waals surface area contributed by atoms with Gasteiger partial charge in [-0.05, 0) is 30.9 Å². The molecule has 2 aromatic rings. The highest BCUT2D eigenvalue weighted by atomic mass is 127. The van der Waals surface area contributed by atoms with Gasteiger partial charge < -0.3 is 15.2 Å². The predicted molar refractivity (Wildman–Crippen MR) is 115 cm³/mol. The van der Waals surface area contributed by atoms with Gasteiger partial charge in [-0.3, -0.25) is 4.99 Å². The molecule has 0 amide bonds. The fourth-order valence-corrected chi connectivity index (χ4v) is 3.54. The molecule has 7 heteroatoms. The maximum atomic E-state index is 5.29. The summed E-state index contributed by atoms with van der Waals surface area (Å²) in [6.07, 6.45) is 3.27. The third-order valence-corrected chi connectivity index (χ3v) is 5.21. The summed E-state index contributed by atoms with van der Waals surface area (Å²) >= 11 is 3.67. The lowest BCUT2D eigenvalue weighted by Gasteiger charge is -2.20. The van der Waals surface area contributed by atoms with E-state index >= 15 is 0 Å². The van der Waals surface area contributed by atoms with E-state index in [9.17, 15) is 0 Å². The first-order valence-corrected chi connectivity index (χ1v) is 9.10. The predicted octanol–water partition coefficient (Wildman–Crippen LogP) is 4.01. The Morgan fingerprint density at radius 2 is 2.08 bits per heavy atom. The molecule has 0 atom stereocenters. The van der Waals surface area contributed by atoms with E-state index in [0.717, 1.165) is 30.4 Å². The molecule has 3 rings (SSSR count). The molecule has 0 spiro atoms. The second kappa shape index (κ2) is 9.02. The van der Waals surface area contributed by atoms with Crippen molar-refractivity contribution in [3.05, 3.63) is 51.8 Å². The molecule has 2 N–H and O–H groups in total. The Balaban J connectivity index is 0.00000225. The number of guanidine groups is 1. The minimum Gasteiger partial charge on any atom is -0.359 e. The van der Waals surface area contributed by atoms with Crippen LogP contribution < -0.4 is 10.6 Å². The summed E-state index contributed by atoms with van der Waals surface area (Å²) in [6, 6.07) is 10.4. The van der Waals surface area contributed by atoms with Crippen LogP contribution in [0.4, 0.5) is 0 Å². The van der Waals surface area contributed by atoms with E-state index in [0.29, 0.717) is 6.54 Å². The molecule has 1 aliphatic carbocycles. The van der Waals surface area contributed by atoms with Crippen molar-refractivity contribution in [2.24, 2.45) is 4.99 Å². The van der Waals surface area contributed by atoms with Gasteiger partial charge >= 0.3 is 0 Å². The molecule has 1 aromatic carbocycles. The average Bonchev–Trinajstić information content (AvgIpc) is 3.24. The minimum atomic E-state index is 0. The highest BCUT2D eigenvalue weighted by Gasteiger charge is 2.45. The molecule has 0 bridgehead atoms. The number of nitrogens with one attached hydrogen (secondary N) is 2. The van der Waals surface area contributed by atoms with Gasteiger partial charge in [-0.15, -0.1) is 24.0 Å². The first kappa shape index (κ1) is 20.2. The first-order valence-electron chi connectivity index (χ1n) is 8.31. The van der Waals surface area contributed by atoms with Crippen LogP contribution in [0.3, 0.4) is 0 Å². The van der Waals surface area contributed by atoms with Crippen molar-refractivity contribution in [2.75, 3.05) is 13.6 Å². The molecule has 25 heavy (non-hydrogen) atoms. The summed E-state index contributed by atoms with van der Waals surface area (Å²) in [4.78, 5) is 4.30. The molecule has 0 saturated heterocycles.